The normalized spacial score (nSPS) is 10.2. The number of para-hydroxylation sites is 1. The SMILES string of the molecule is COc1ccc(NC(=O)c2cc(NCc3ccccc3OC)ncn2)c(OC)c1. The topological polar surface area (TPSA) is 94.6 Å². The molecule has 8 nitrogen and oxygen atoms in total. The second-order valence-electron chi connectivity index (χ2n) is 5.97. The van der Waals surface area contributed by atoms with E-state index < -0.39 is 0 Å². The Balaban J connectivity index is 1.71. The van der Waals surface area contributed by atoms with Crippen molar-refractivity contribution in [2.24, 2.45) is 0 Å². The molecule has 3 aromatic rings. The molecule has 1 amide bonds. The van der Waals surface area contributed by atoms with E-state index in [1.807, 2.05) is 24.3 Å². The van der Waals surface area contributed by atoms with E-state index in [9.17, 15) is 4.79 Å². The maximum Gasteiger partial charge on any atom is 0.274 e. The van der Waals surface area contributed by atoms with Gasteiger partial charge in [-0.15, -0.1) is 0 Å². The summed E-state index contributed by atoms with van der Waals surface area (Å²) < 4.78 is 15.8. The van der Waals surface area contributed by atoms with Crippen LogP contribution < -0.4 is 24.8 Å². The minimum absolute atomic E-state index is 0.223. The predicted molar refractivity (Wildman–Crippen MR) is 110 cm³/mol. The summed E-state index contributed by atoms with van der Waals surface area (Å²) in [7, 11) is 4.71. The van der Waals surface area contributed by atoms with E-state index in [4.69, 9.17) is 14.2 Å². The van der Waals surface area contributed by atoms with Crippen LogP contribution in [0.3, 0.4) is 0 Å². The average Bonchev–Trinajstić information content (AvgIpc) is 2.78. The van der Waals surface area contributed by atoms with E-state index in [2.05, 4.69) is 20.6 Å². The molecule has 0 saturated carbocycles. The van der Waals surface area contributed by atoms with Gasteiger partial charge in [-0.2, -0.15) is 0 Å². The van der Waals surface area contributed by atoms with Gasteiger partial charge in [0.15, 0.2) is 0 Å². The highest BCUT2D eigenvalue weighted by atomic mass is 16.5. The second kappa shape index (κ2) is 9.41. The number of carbonyl (C=O) groups is 1. The summed E-state index contributed by atoms with van der Waals surface area (Å²) in [4.78, 5) is 20.9. The summed E-state index contributed by atoms with van der Waals surface area (Å²) in [5.41, 5.74) is 1.71. The number of rotatable bonds is 8. The Morgan fingerprint density at radius 1 is 0.931 bits per heavy atom. The molecule has 0 aliphatic rings. The van der Waals surface area contributed by atoms with Crippen molar-refractivity contribution in [2.75, 3.05) is 32.0 Å². The number of methoxy groups -OCH3 is 3. The molecule has 0 atom stereocenters. The van der Waals surface area contributed by atoms with Crippen LogP contribution in [0.5, 0.6) is 17.2 Å². The lowest BCUT2D eigenvalue weighted by molar-refractivity contribution is 0.102. The highest BCUT2D eigenvalue weighted by molar-refractivity contribution is 6.04. The van der Waals surface area contributed by atoms with Crippen LogP contribution in [-0.4, -0.2) is 37.2 Å². The lowest BCUT2D eigenvalue weighted by Crippen LogP contribution is -2.15. The summed E-state index contributed by atoms with van der Waals surface area (Å²) in [6.07, 6.45) is 1.34. The number of carbonyl (C=O) groups excluding carboxylic acids is 1. The van der Waals surface area contributed by atoms with Crippen molar-refractivity contribution < 1.29 is 19.0 Å². The van der Waals surface area contributed by atoms with E-state index in [1.165, 1.54) is 13.4 Å². The third-order valence-corrected chi connectivity index (χ3v) is 4.21. The molecule has 1 aromatic heterocycles. The van der Waals surface area contributed by atoms with Crippen LogP contribution in [-0.2, 0) is 6.54 Å². The molecule has 0 unspecified atom stereocenters. The Bertz CT molecular complexity index is 994. The van der Waals surface area contributed by atoms with Gasteiger partial charge in [-0.25, -0.2) is 9.97 Å². The number of benzene rings is 2. The number of aromatic nitrogens is 2. The summed E-state index contributed by atoms with van der Waals surface area (Å²) >= 11 is 0. The monoisotopic (exact) mass is 394 g/mol. The molecule has 8 heteroatoms. The van der Waals surface area contributed by atoms with Gasteiger partial charge in [-0.3, -0.25) is 4.79 Å². The molecule has 0 aliphatic heterocycles. The number of anilines is 2. The smallest absolute Gasteiger partial charge is 0.274 e. The molecule has 2 aromatic carbocycles. The molecule has 0 radical (unpaired) electrons. The van der Waals surface area contributed by atoms with Crippen molar-refractivity contribution in [3.63, 3.8) is 0 Å². The molecule has 3 rings (SSSR count). The van der Waals surface area contributed by atoms with Gasteiger partial charge < -0.3 is 24.8 Å². The standard InChI is InChI=1S/C21H22N4O4/c1-27-15-8-9-16(19(10-15)29-3)25-21(26)17-11-20(24-13-23-17)22-12-14-6-4-5-7-18(14)28-2/h4-11,13H,12H2,1-3H3,(H,25,26)(H,22,23,24). The summed E-state index contributed by atoms with van der Waals surface area (Å²) in [6, 6.07) is 14.4. The number of nitrogens with zero attached hydrogens (tertiary/aromatic N) is 2. The van der Waals surface area contributed by atoms with E-state index in [-0.39, 0.29) is 11.6 Å². The molecule has 29 heavy (non-hydrogen) atoms. The Morgan fingerprint density at radius 3 is 2.48 bits per heavy atom. The maximum absolute atomic E-state index is 12.6. The molecule has 0 saturated heterocycles. The van der Waals surface area contributed by atoms with Crippen molar-refractivity contribution >= 4 is 17.4 Å². The summed E-state index contributed by atoms with van der Waals surface area (Å²) in [6.45, 7) is 0.494. The van der Waals surface area contributed by atoms with E-state index >= 15 is 0 Å². The van der Waals surface area contributed by atoms with Gasteiger partial charge in [-0.05, 0) is 18.2 Å². The fourth-order valence-electron chi connectivity index (χ4n) is 2.70. The zero-order chi connectivity index (χ0) is 20.6. The molecule has 2 N–H and O–H groups in total. The van der Waals surface area contributed by atoms with Gasteiger partial charge in [0.25, 0.3) is 5.91 Å². The molecular weight excluding hydrogens is 372 g/mol. The number of hydrogen-bond acceptors (Lipinski definition) is 7. The fourth-order valence-corrected chi connectivity index (χ4v) is 2.70. The van der Waals surface area contributed by atoms with Gasteiger partial charge in [-0.1, -0.05) is 18.2 Å². The Hall–Kier alpha value is -3.81. The molecule has 0 spiro atoms. The summed E-state index contributed by atoms with van der Waals surface area (Å²) in [5, 5.41) is 5.97. The second-order valence-corrected chi connectivity index (χ2v) is 5.97. The highest BCUT2D eigenvalue weighted by Gasteiger charge is 2.13. The van der Waals surface area contributed by atoms with Gasteiger partial charge >= 0.3 is 0 Å². The minimum Gasteiger partial charge on any atom is -0.497 e. The third-order valence-electron chi connectivity index (χ3n) is 4.21. The minimum atomic E-state index is -0.379. The molecular formula is C21H22N4O4. The molecule has 0 fully saturated rings. The Labute approximate surface area is 168 Å². The van der Waals surface area contributed by atoms with Crippen LogP contribution in [0, 0.1) is 0 Å². The Morgan fingerprint density at radius 2 is 1.72 bits per heavy atom. The number of amides is 1. The van der Waals surface area contributed by atoms with Crippen LogP contribution in [0.25, 0.3) is 0 Å². The van der Waals surface area contributed by atoms with Crippen LogP contribution >= 0.6 is 0 Å². The average molecular weight is 394 g/mol. The first-order valence-electron chi connectivity index (χ1n) is 8.85. The first-order chi connectivity index (χ1) is 14.1. The van der Waals surface area contributed by atoms with E-state index in [0.29, 0.717) is 29.5 Å². The van der Waals surface area contributed by atoms with Gasteiger partial charge in [0.05, 0.1) is 27.0 Å². The predicted octanol–water partition coefficient (Wildman–Crippen LogP) is 3.37. The lowest BCUT2D eigenvalue weighted by Gasteiger charge is -2.12. The van der Waals surface area contributed by atoms with Crippen LogP contribution in [0.2, 0.25) is 0 Å². The molecule has 150 valence electrons. The largest absolute Gasteiger partial charge is 0.497 e. The van der Waals surface area contributed by atoms with Gasteiger partial charge in [0, 0.05) is 24.2 Å². The van der Waals surface area contributed by atoms with Crippen LogP contribution in [0.4, 0.5) is 11.5 Å². The van der Waals surface area contributed by atoms with Crippen LogP contribution in [0.1, 0.15) is 16.1 Å². The summed E-state index contributed by atoms with van der Waals surface area (Å²) in [5.74, 6) is 2.04. The number of hydrogen-bond donors (Lipinski definition) is 2. The maximum atomic E-state index is 12.6. The van der Waals surface area contributed by atoms with Crippen molar-refractivity contribution in [2.45, 2.75) is 6.54 Å². The molecule has 0 bridgehead atoms. The first kappa shape index (κ1) is 19.9. The van der Waals surface area contributed by atoms with Crippen molar-refractivity contribution in [1.82, 2.24) is 9.97 Å². The van der Waals surface area contributed by atoms with E-state index in [0.717, 1.165) is 11.3 Å². The zero-order valence-corrected chi connectivity index (χ0v) is 16.4. The zero-order valence-electron chi connectivity index (χ0n) is 16.4. The lowest BCUT2D eigenvalue weighted by atomic mass is 10.2. The third kappa shape index (κ3) is 4.92. The molecule has 1 heterocycles. The van der Waals surface area contributed by atoms with Gasteiger partial charge in [0.2, 0.25) is 0 Å². The number of ether oxygens (including phenoxy) is 3. The van der Waals surface area contributed by atoms with Gasteiger partial charge in [0.1, 0.15) is 35.1 Å². The van der Waals surface area contributed by atoms with Crippen molar-refractivity contribution in [1.29, 1.82) is 0 Å². The van der Waals surface area contributed by atoms with Crippen LogP contribution in [0.15, 0.2) is 54.9 Å². The van der Waals surface area contributed by atoms with Crippen molar-refractivity contribution in [3.8, 4) is 17.2 Å². The highest BCUT2D eigenvalue weighted by Crippen LogP contribution is 2.29. The fraction of sp³-hybridized carbons (Fsp3) is 0.190. The molecule has 0 aliphatic carbocycles. The quantitative estimate of drug-likeness (QED) is 0.605. The number of nitrogens with one attached hydrogen (secondary N) is 2. The Kier molecular flexibility index (Phi) is 6.47. The van der Waals surface area contributed by atoms with E-state index in [1.54, 1.807) is 38.5 Å². The van der Waals surface area contributed by atoms with Crippen molar-refractivity contribution in [3.05, 3.63) is 66.1 Å². The first-order valence-corrected chi connectivity index (χ1v) is 8.85.